The summed E-state index contributed by atoms with van der Waals surface area (Å²) in [4.78, 5) is 0. The van der Waals surface area contributed by atoms with Gasteiger partial charge >= 0.3 is 0 Å². The summed E-state index contributed by atoms with van der Waals surface area (Å²) < 4.78 is 0. The molecule has 0 saturated heterocycles. The predicted molar refractivity (Wildman–Crippen MR) is 64.9 cm³/mol. The van der Waals surface area contributed by atoms with Crippen molar-refractivity contribution in [2.24, 2.45) is 11.8 Å². The van der Waals surface area contributed by atoms with Crippen LogP contribution < -0.4 is 5.32 Å². The zero-order valence-corrected chi connectivity index (χ0v) is 9.74. The van der Waals surface area contributed by atoms with Gasteiger partial charge < -0.3 is 5.32 Å². The van der Waals surface area contributed by atoms with Gasteiger partial charge in [-0.2, -0.15) is 0 Å². The first-order chi connectivity index (χ1) is 7.25. The van der Waals surface area contributed by atoms with E-state index in [-0.39, 0.29) is 0 Å². The minimum Gasteiger partial charge on any atom is -0.314 e. The second-order valence-corrected chi connectivity index (χ2v) is 4.97. The Balaban J connectivity index is 1.70. The van der Waals surface area contributed by atoms with Crippen LogP contribution in [-0.4, -0.2) is 12.6 Å². The Kier molecular flexibility index (Phi) is 3.42. The van der Waals surface area contributed by atoms with Crippen molar-refractivity contribution >= 4 is 0 Å². The highest BCUT2D eigenvalue weighted by Crippen LogP contribution is 2.36. The van der Waals surface area contributed by atoms with Crippen LogP contribution in [0.1, 0.15) is 25.8 Å². The lowest BCUT2D eigenvalue weighted by Crippen LogP contribution is -2.30. The summed E-state index contributed by atoms with van der Waals surface area (Å²) >= 11 is 0. The molecule has 1 N–H and O–H groups in total. The van der Waals surface area contributed by atoms with Crippen LogP contribution in [0.5, 0.6) is 0 Å². The van der Waals surface area contributed by atoms with E-state index in [1.807, 2.05) is 0 Å². The molecular formula is C14H21N. The van der Waals surface area contributed by atoms with E-state index in [0.717, 1.165) is 18.3 Å². The zero-order chi connectivity index (χ0) is 10.7. The van der Waals surface area contributed by atoms with Crippen molar-refractivity contribution < 1.29 is 0 Å². The standard InChI is InChI=1S/C14H21N/c1-11-8-14(11)10-15-12(2)9-13-6-4-3-5-7-13/h3-7,11-12,14-15H,8-10H2,1-2H3. The molecule has 1 aliphatic rings. The van der Waals surface area contributed by atoms with Crippen LogP contribution in [0.3, 0.4) is 0 Å². The molecule has 1 nitrogen and oxygen atoms in total. The summed E-state index contributed by atoms with van der Waals surface area (Å²) in [6.07, 6.45) is 2.56. The third kappa shape index (κ3) is 3.35. The highest BCUT2D eigenvalue weighted by Gasteiger charge is 2.31. The van der Waals surface area contributed by atoms with E-state index in [1.165, 1.54) is 18.5 Å². The highest BCUT2D eigenvalue weighted by molar-refractivity contribution is 5.15. The third-order valence-electron chi connectivity index (χ3n) is 3.39. The number of benzene rings is 1. The van der Waals surface area contributed by atoms with Crippen molar-refractivity contribution in [2.75, 3.05) is 6.54 Å². The van der Waals surface area contributed by atoms with E-state index < -0.39 is 0 Å². The van der Waals surface area contributed by atoms with Crippen LogP contribution in [0.15, 0.2) is 30.3 Å². The molecule has 3 unspecified atom stereocenters. The van der Waals surface area contributed by atoms with Gasteiger partial charge in [0.05, 0.1) is 0 Å². The third-order valence-corrected chi connectivity index (χ3v) is 3.39. The van der Waals surface area contributed by atoms with Crippen molar-refractivity contribution in [1.29, 1.82) is 0 Å². The fraction of sp³-hybridized carbons (Fsp3) is 0.571. The van der Waals surface area contributed by atoms with E-state index in [1.54, 1.807) is 0 Å². The molecule has 0 aromatic heterocycles. The molecule has 0 aliphatic heterocycles. The van der Waals surface area contributed by atoms with Gasteiger partial charge in [-0.1, -0.05) is 37.3 Å². The Morgan fingerprint density at radius 3 is 2.60 bits per heavy atom. The zero-order valence-electron chi connectivity index (χ0n) is 9.74. The van der Waals surface area contributed by atoms with Crippen molar-refractivity contribution in [3.8, 4) is 0 Å². The molecule has 3 atom stereocenters. The van der Waals surface area contributed by atoms with E-state index in [0.29, 0.717) is 6.04 Å². The second-order valence-electron chi connectivity index (χ2n) is 4.97. The van der Waals surface area contributed by atoms with Gasteiger partial charge in [0.2, 0.25) is 0 Å². The molecule has 1 heteroatoms. The monoisotopic (exact) mass is 203 g/mol. The van der Waals surface area contributed by atoms with Gasteiger partial charge in [-0.3, -0.25) is 0 Å². The van der Waals surface area contributed by atoms with Gasteiger partial charge in [0.1, 0.15) is 0 Å². The van der Waals surface area contributed by atoms with E-state index in [2.05, 4.69) is 49.5 Å². The smallest absolute Gasteiger partial charge is 0.00792 e. The number of hydrogen-bond acceptors (Lipinski definition) is 1. The van der Waals surface area contributed by atoms with Gasteiger partial charge in [-0.15, -0.1) is 0 Å². The van der Waals surface area contributed by atoms with Crippen LogP contribution in [0.25, 0.3) is 0 Å². The van der Waals surface area contributed by atoms with E-state index in [9.17, 15) is 0 Å². The average Bonchev–Trinajstić information content (AvgIpc) is 2.93. The molecule has 0 spiro atoms. The van der Waals surface area contributed by atoms with Gasteiger partial charge in [0.15, 0.2) is 0 Å². The van der Waals surface area contributed by atoms with Crippen LogP contribution in [0.4, 0.5) is 0 Å². The number of nitrogens with one attached hydrogen (secondary N) is 1. The quantitative estimate of drug-likeness (QED) is 0.776. The van der Waals surface area contributed by atoms with Crippen LogP contribution >= 0.6 is 0 Å². The summed E-state index contributed by atoms with van der Waals surface area (Å²) in [5, 5.41) is 3.62. The normalized spacial score (nSPS) is 26.3. The SMILES string of the molecule is CC(Cc1ccccc1)NCC1CC1C. The average molecular weight is 203 g/mol. The first kappa shape index (κ1) is 10.7. The molecule has 15 heavy (non-hydrogen) atoms. The Morgan fingerprint density at radius 1 is 1.33 bits per heavy atom. The lowest BCUT2D eigenvalue weighted by atomic mass is 10.1. The summed E-state index contributed by atoms with van der Waals surface area (Å²) in [6.45, 7) is 5.82. The molecule has 1 aliphatic carbocycles. The van der Waals surface area contributed by atoms with Gasteiger partial charge in [-0.05, 0) is 43.7 Å². The summed E-state index contributed by atoms with van der Waals surface area (Å²) in [5.74, 6) is 1.91. The molecule has 1 aromatic rings. The molecule has 2 rings (SSSR count). The predicted octanol–water partition coefficient (Wildman–Crippen LogP) is 2.86. The lowest BCUT2D eigenvalue weighted by molar-refractivity contribution is 0.515. The Bertz CT molecular complexity index is 293. The molecule has 1 saturated carbocycles. The van der Waals surface area contributed by atoms with Crippen molar-refractivity contribution in [1.82, 2.24) is 5.32 Å². The number of rotatable bonds is 5. The maximum atomic E-state index is 3.62. The molecule has 0 bridgehead atoms. The molecule has 0 amide bonds. The maximum absolute atomic E-state index is 3.62. The molecule has 1 fully saturated rings. The molecule has 0 heterocycles. The second kappa shape index (κ2) is 4.80. The first-order valence-electron chi connectivity index (χ1n) is 6.03. The van der Waals surface area contributed by atoms with Crippen molar-refractivity contribution in [2.45, 2.75) is 32.7 Å². The minimum atomic E-state index is 0.597. The summed E-state index contributed by atoms with van der Waals surface area (Å²) in [7, 11) is 0. The minimum absolute atomic E-state index is 0.597. The first-order valence-corrected chi connectivity index (χ1v) is 6.03. The fourth-order valence-corrected chi connectivity index (χ4v) is 2.08. The number of hydrogen-bond donors (Lipinski definition) is 1. The Morgan fingerprint density at radius 2 is 2.00 bits per heavy atom. The largest absolute Gasteiger partial charge is 0.314 e. The highest BCUT2D eigenvalue weighted by atomic mass is 14.9. The van der Waals surface area contributed by atoms with Crippen molar-refractivity contribution in [3.63, 3.8) is 0 Å². The van der Waals surface area contributed by atoms with Crippen LogP contribution in [-0.2, 0) is 6.42 Å². The summed E-state index contributed by atoms with van der Waals surface area (Å²) in [6, 6.07) is 11.3. The molecular weight excluding hydrogens is 182 g/mol. The van der Waals surface area contributed by atoms with Gasteiger partial charge in [-0.25, -0.2) is 0 Å². The van der Waals surface area contributed by atoms with E-state index in [4.69, 9.17) is 0 Å². The fourth-order valence-electron chi connectivity index (χ4n) is 2.08. The molecule has 1 aromatic carbocycles. The van der Waals surface area contributed by atoms with Crippen LogP contribution in [0, 0.1) is 11.8 Å². The van der Waals surface area contributed by atoms with E-state index >= 15 is 0 Å². The van der Waals surface area contributed by atoms with Crippen LogP contribution in [0.2, 0.25) is 0 Å². The Labute approximate surface area is 92.9 Å². The maximum Gasteiger partial charge on any atom is 0.00792 e. The molecule has 0 radical (unpaired) electrons. The van der Waals surface area contributed by atoms with Gasteiger partial charge in [0, 0.05) is 6.04 Å². The lowest BCUT2D eigenvalue weighted by Gasteiger charge is -2.13. The van der Waals surface area contributed by atoms with Gasteiger partial charge in [0.25, 0.3) is 0 Å². The Hall–Kier alpha value is -0.820. The van der Waals surface area contributed by atoms with Crippen molar-refractivity contribution in [3.05, 3.63) is 35.9 Å². The molecule has 82 valence electrons. The topological polar surface area (TPSA) is 12.0 Å². The summed E-state index contributed by atoms with van der Waals surface area (Å²) in [5.41, 5.74) is 1.43.